The van der Waals surface area contributed by atoms with Gasteiger partial charge in [0.25, 0.3) is 0 Å². The van der Waals surface area contributed by atoms with Crippen LogP contribution in [0.2, 0.25) is 0 Å². The van der Waals surface area contributed by atoms with Crippen molar-refractivity contribution in [1.29, 1.82) is 0 Å². The molecule has 1 unspecified atom stereocenters. The van der Waals surface area contributed by atoms with Gasteiger partial charge < -0.3 is 14.8 Å². The van der Waals surface area contributed by atoms with E-state index in [1.54, 1.807) is 12.2 Å². The lowest BCUT2D eigenvalue weighted by Gasteiger charge is -2.07. The molecule has 0 radical (unpaired) electrons. The molecule has 0 aromatic heterocycles. The number of hydrogen-bond donors (Lipinski definition) is 1. The number of ether oxygens (including phenoxy) is 2. The van der Waals surface area contributed by atoms with Gasteiger partial charge >= 0.3 is 0 Å². The van der Waals surface area contributed by atoms with Crippen LogP contribution in [0.3, 0.4) is 0 Å². The standard InChI is InChI=1S/C15H19NO3/c1-3-11(2)9-16-15(17)7-5-12-4-6-13-14(8-12)19-10-18-13/h4-8,11H,3,9-10H2,1-2H3,(H,16,17)/b7-5+. The molecule has 19 heavy (non-hydrogen) atoms. The molecule has 1 amide bonds. The molecule has 0 aliphatic carbocycles. The van der Waals surface area contributed by atoms with E-state index >= 15 is 0 Å². The number of carbonyl (C=O) groups is 1. The highest BCUT2D eigenvalue weighted by Gasteiger charge is 2.12. The van der Waals surface area contributed by atoms with Crippen LogP contribution in [0.4, 0.5) is 0 Å². The minimum absolute atomic E-state index is 0.0713. The summed E-state index contributed by atoms with van der Waals surface area (Å²) in [6.07, 6.45) is 4.37. The molecular formula is C15H19NO3. The summed E-state index contributed by atoms with van der Waals surface area (Å²) in [5, 5.41) is 2.87. The third kappa shape index (κ3) is 3.74. The molecule has 1 N–H and O–H groups in total. The highest BCUT2D eigenvalue weighted by molar-refractivity contribution is 5.91. The van der Waals surface area contributed by atoms with E-state index in [0.29, 0.717) is 12.5 Å². The molecule has 1 aromatic carbocycles. The zero-order valence-electron chi connectivity index (χ0n) is 11.3. The van der Waals surface area contributed by atoms with Gasteiger partial charge in [-0.15, -0.1) is 0 Å². The second kappa shape index (κ2) is 6.27. The van der Waals surface area contributed by atoms with Gasteiger partial charge in [-0.25, -0.2) is 0 Å². The summed E-state index contributed by atoms with van der Waals surface area (Å²) in [7, 11) is 0. The summed E-state index contributed by atoms with van der Waals surface area (Å²) in [5.41, 5.74) is 0.919. The lowest BCUT2D eigenvalue weighted by Crippen LogP contribution is -2.26. The SMILES string of the molecule is CCC(C)CNC(=O)/C=C/c1ccc2c(c1)OCO2. The number of carbonyl (C=O) groups excluding carboxylic acids is 1. The average molecular weight is 261 g/mol. The van der Waals surface area contributed by atoms with Crippen LogP contribution >= 0.6 is 0 Å². The van der Waals surface area contributed by atoms with Crippen molar-refractivity contribution in [1.82, 2.24) is 5.32 Å². The van der Waals surface area contributed by atoms with Gasteiger partial charge in [0, 0.05) is 12.6 Å². The van der Waals surface area contributed by atoms with E-state index in [2.05, 4.69) is 19.2 Å². The Morgan fingerprint density at radius 3 is 3.00 bits per heavy atom. The van der Waals surface area contributed by atoms with Gasteiger partial charge in [-0.1, -0.05) is 26.3 Å². The fourth-order valence-electron chi connectivity index (χ4n) is 1.67. The summed E-state index contributed by atoms with van der Waals surface area (Å²) in [6.45, 7) is 5.19. The van der Waals surface area contributed by atoms with Crippen LogP contribution in [0.25, 0.3) is 6.08 Å². The molecular weight excluding hydrogens is 242 g/mol. The lowest BCUT2D eigenvalue weighted by atomic mass is 10.1. The molecule has 1 aliphatic heterocycles. The van der Waals surface area contributed by atoms with Crippen molar-refractivity contribution in [3.05, 3.63) is 29.8 Å². The quantitative estimate of drug-likeness (QED) is 0.829. The Morgan fingerprint density at radius 1 is 1.42 bits per heavy atom. The molecule has 0 fully saturated rings. The predicted molar refractivity (Wildman–Crippen MR) is 74.1 cm³/mol. The zero-order chi connectivity index (χ0) is 13.7. The number of nitrogens with one attached hydrogen (secondary N) is 1. The molecule has 0 bridgehead atoms. The van der Waals surface area contributed by atoms with Gasteiger partial charge in [0.1, 0.15) is 0 Å². The maximum absolute atomic E-state index is 11.6. The topological polar surface area (TPSA) is 47.6 Å². The van der Waals surface area contributed by atoms with Crippen LogP contribution in [0.5, 0.6) is 11.5 Å². The molecule has 4 heteroatoms. The van der Waals surface area contributed by atoms with Gasteiger partial charge in [0.15, 0.2) is 11.5 Å². The highest BCUT2D eigenvalue weighted by atomic mass is 16.7. The van der Waals surface area contributed by atoms with Crippen molar-refractivity contribution < 1.29 is 14.3 Å². The van der Waals surface area contributed by atoms with Crippen LogP contribution in [0.1, 0.15) is 25.8 Å². The maximum Gasteiger partial charge on any atom is 0.244 e. The van der Waals surface area contributed by atoms with Crippen LogP contribution in [-0.2, 0) is 4.79 Å². The highest BCUT2D eigenvalue weighted by Crippen LogP contribution is 2.32. The first-order valence-corrected chi connectivity index (χ1v) is 6.54. The third-order valence-electron chi connectivity index (χ3n) is 3.15. The molecule has 4 nitrogen and oxygen atoms in total. The van der Waals surface area contributed by atoms with E-state index in [1.807, 2.05) is 18.2 Å². The summed E-state index contributed by atoms with van der Waals surface area (Å²) in [5.74, 6) is 1.90. The van der Waals surface area contributed by atoms with Gasteiger partial charge in [-0.05, 0) is 29.7 Å². The normalized spacial score (nSPS) is 14.6. The van der Waals surface area contributed by atoms with Crippen LogP contribution < -0.4 is 14.8 Å². The Morgan fingerprint density at radius 2 is 2.21 bits per heavy atom. The second-order valence-corrected chi connectivity index (χ2v) is 4.70. The van der Waals surface area contributed by atoms with Gasteiger partial charge in [0.05, 0.1) is 0 Å². The minimum Gasteiger partial charge on any atom is -0.454 e. The minimum atomic E-state index is -0.0713. The monoisotopic (exact) mass is 261 g/mol. The average Bonchev–Trinajstić information content (AvgIpc) is 2.89. The molecule has 2 rings (SSSR count). The molecule has 1 atom stereocenters. The second-order valence-electron chi connectivity index (χ2n) is 4.70. The van der Waals surface area contributed by atoms with Crippen LogP contribution in [0.15, 0.2) is 24.3 Å². The van der Waals surface area contributed by atoms with Crippen molar-refractivity contribution in [2.45, 2.75) is 20.3 Å². The largest absolute Gasteiger partial charge is 0.454 e. The van der Waals surface area contributed by atoms with Crippen molar-refractivity contribution in [3.8, 4) is 11.5 Å². The van der Waals surface area contributed by atoms with Gasteiger partial charge in [-0.2, -0.15) is 0 Å². The van der Waals surface area contributed by atoms with Crippen molar-refractivity contribution in [2.75, 3.05) is 13.3 Å². The molecule has 1 heterocycles. The van der Waals surface area contributed by atoms with Gasteiger partial charge in [0.2, 0.25) is 12.7 Å². The Labute approximate surface area is 113 Å². The zero-order valence-corrected chi connectivity index (χ0v) is 11.3. The number of fused-ring (bicyclic) bond motifs is 1. The number of rotatable bonds is 5. The number of amides is 1. The summed E-state index contributed by atoms with van der Waals surface area (Å²) in [4.78, 5) is 11.6. The smallest absolute Gasteiger partial charge is 0.244 e. The number of benzene rings is 1. The van der Waals surface area contributed by atoms with Crippen molar-refractivity contribution in [3.63, 3.8) is 0 Å². The van der Waals surface area contributed by atoms with E-state index in [1.165, 1.54) is 0 Å². The lowest BCUT2D eigenvalue weighted by molar-refractivity contribution is -0.116. The summed E-state index contributed by atoms with van der Waals surface area (Å²) >= 11 is 0. The van der Waals surface area contributed by atoms with Crippen molar-refractivity contribution >= 4 is 12.0 Å². The van der Waals surface area contributed by atoms with E-state index in [-0.39, 0.29) is 12.7 Å². The Balaban J connectivity index is 1.89. The van der Waals surface area contributed by atoms with E-state index in [0.717, 1.165) is 23.5 Å². The molecule has 1 aliphatic rings. The molecule has 102 valence electrons. The first-order valence-electron chi connectivity index (χ1n) is 6.54. The molecule has 0 saturated heterocycles. The Hall–Kier alpha value is -1.97. The fourth-order valence-corrected chi connectivity index (χ4v) is 1.67. The van der Waals surface area contributed by atoms with E-state index in [9.17, 15) is 4.79 Å². The molecule has 1 aromatic rings. The predicted octanol–water partition coefficient (Wildman–Crippen LogP) is 2.59. The summed E-state index contributed by atoms with van der Waals surface area (Å²) < 4.78 is 10.5. The molecule has 0 saturated carbocycles. The van der Waals surface area contributed by atoms with Gasteiger partial charge in [-0.3, -0.25) is 4.79 Å². The number of hydrogen-bond acceptors (Lipinski definition) is 3. The van der Waals surface area contributed by atoms with Crippen LogP contribution in [-0.4, -0.2) is 19.2 Å². The third-order valence-corrected chi connectivity index (χ3v) is 3.15. The Bertz CT molecular complexity index is 482. The fraction of sp³-hybridized carbons (Fsp3) is 0.400. The van der Waals surface area contributed by atoms with Crippen LogP contribution in [0, 0.1) is 5.92 Å². The first-order chi connectivity index (χ1) is 9.19. The summed E-state index contributed by atoms with van der Waals surface area (Å²) in [6, 6.07) is 5.60. The van der Waals surface area contributed by atoms with Crippen molar-refractivity contribution in [2.24, 2.45) is 5.92 Å². The first kappa shape index (κ1) is 13.5. The van der Waals surface area contributed by atoms with E-state index in [4.69, 9.17) is 9.47 Å². The maximum atomic E-state index is 11.6. The van der Waals surface area contributed by atoms with E-state index < -0.39 is 0 Å². The molecule has 0 spiro atoms. The Kier molecular flexibility index (Phi) is 4.44.